The highest BCUT2D eigenvalue weighted by Crippen LogP contribution is 2.28. The number of para-hydroxylation sites is 1. The number of aromatic amines is 1. The summed E-state index contributed by atoms with van der Waals surface area (Å²) in [6.07, 6.45) is 0. The number of benzene rings is 3. The number of nitrogens with one attached hydrogen (secondary N) is 2. The lowest BCUT2D eigenvalue weighted by atomic mass is 10.0. The van der Waals surface area contributed by atoms with Crippen LogP contribution in [0, 0.1) is 0 Å². The first-order valence-electron chi connectivity index (χ1n) is 10.7. The van der Waals surface area contributed by atoms with Crippen LogP contribution in [0.25, 0.3) is 33.9 Å². The van der Waals surface area contributed by atoms with Crippen molar-refractivity contribution in [2.24, 2.45) is 0 Å². The number of hydrogen-bond acceptors (Lipinski definition) is 6. The number of hydrogen-bond donors (Lipinski definition) is 3. The molecule has 5 rings (SSSR count). The second kappa shape index (κ2) is 10.0. The second-order valence-electron chi connectivity index (χ2n) is 7.60. The number of carbonyl (C=O) groups excluding carboxylic acids is 1. The molecule has 5 aromatic rings. The molecule has 10 heteroatoms. The fourth-order valence-electron chi connectivity index (χ4n) is 3.54. The average Bonchev–Trinajstić information content (AvgIpc) is 3.51. The molecular weight excluding hydrogens is 482 g/mol. The van der Waals surface area contributed by atoms with Crippen LogP contribution < -0.4 is 11.2 Å². The zero-order valence-corrected chi connectivity index (χ0v) is 19.9. The van der Waals surface area contributed by atoms with Gasteiger partial charge in [0.05, 0.1) is 11.4 Å². The fraction of sp³-hybridized carbons (Fsp3) is 0.0400. The van der Waals surface area contributed by atoms with Gasteiger partial charge in [0.2, 0.25) is 16.9 Å². The van der Waals surface area contributed by atoms with Gasteiger partial charge in [0.1, 0.15) is 5.69 Å². The minimum atomic E-state index is -0.172. The number of amides is 1. The maximum Gasteiger partial charge on any atom is 0.234 e. The van der Waals surface area contributed by atoms with Gasteiger partial charge in [-0.3, -0.25) is 9.89 Å². The summed E-state index contributed by atoms with van der Waals surface area (Å²) >= 11 is 7.16. The van der Waals surface area contributed by atoms with Gasteiger partial charge < -0.3 is 11.2 Å². The van der Waals surface area contributed by atoms with Crippen molar-refractivity contribution in [2.45, 2.75) is 5.16 Å². The Kier molecular flexibility index (Phi) is 6.51. The quantitative estimate of drug-likeness (QED) is 0.211. The van der Waals surface area contributed by atoms with Crippen molar-refractivity contribution in [3.63, 3.8) is 0 Å². The molecule has 0 aliphatic rings. The van der Waals surface area contributed by atoms with Gasteiger partial charge in [0.15, 0.2) is 0 Å². The first-order valence-corrected chi connectivity index (χ1v) is 12.0. The van der Waals surface area contributed by atoms with Crippen molar-refractivity contribution in [1.82, 2.24) is 25.1 Å². The van der Waals surface area contributed by atoms with Crippen molar-refractivity contribution in [3.05, 3.63) is 90.0 Å². The number of nitrogen functional groups attached to an aromatic ring is 1. The molecule has 2 aromatic heterocycles. The molecular formula is C25H20ClN7OS. The summed E-state index contributed by atoms with van der Waals surface area (Å²) in [7, 11) is 0. The summed E-state index contributed by atoms with van der Waals surface area (Å²) < 4.78 is 1.34. The third kappa shape index (κ3) is 5.06. The van der Waals surface area contributed by atoms with E-state index in [-0.39, 0.29) is 11.7 Å². The molecule has 0 fully saturated rings. The lowest BCUT2D eigenvalue weighted by molar-refractivity contribution is -0.113. The van der Waals surface area contributed by atoms with Crippen LogP contribution in [0.5, 0.6) is 0 Å². The van der Waals surface area contributed by atoms with Gasteiger partial charge in [-0.2, -0.15) is 5.10 Å². The number of carbonyl (C=O) groups is 1. The number of nitrogens with zero attached hydrogens (tertiary/aromatic N) is 4. The van der Waals surface area contributed by atoms with Gasteiger partial charge in [-0.1, -0.05) is 84.0 Å². The smallest absolute Gasteiger partial charge is 0.234 e. The van der Waals surface area contributed by atoms with E-state index in [2.05, 4.69) is 25.7 Å². The molecule has 3 aromatic carbocycles. The lowest BCUT2D eigenvalue weighted by Crippen LogP contribution is -2.17. The molecule has 35 heavy (non-hydrogen) atoms. The van der Waals surface area contributed by atoms with Gasteiger partial charge in [0, 0.05) is 21.8 Å². The number of thioether (sulfide) groups is 1. The summed E-state index contributed by atoms with van der Waals surface area (Å²) in [6.45, 7) is 0. The van der Waals surface area contributed by atoms with Crippen LogP contribution in [-0.4, -0.2) is 36.7 Å². The lowest BCUT2D eigenvalue weighted by Gasteiger charge is -2.11. The largest absolute Gasteiger partial charge is 0.335 e. The van der Waals surface area contributed by atoms with Crippen LogP contribution in [-0.2, 0) is 4.79 Å². The number of H-pyrrole nitrogens is 1. The number of aromatic nitrogens is 5. The van der Waals surface area contributed by atoms with Gasteiger partial charge in [-0.05, 0) is 29.8 Å². The molecule has 0 radical (unpaired) electrons. The molecule has 0 atom stereocenters. The van der Waals surface area contributed by atoms with Crippen molar-refractivity contribution in [3.8, 4) is 33.9 Å². The van der Waals surface area contributed by atoms with Gasteiger partial charge in [-0.15, -0.1) is 10.2 Å². The second-order valence-corrected chi connectivity index (χ2v) is 8.98. The topological polar surface area (TPSA) is 115 Å². The SMILES string of the molecule is Nn1c(SCC(=O)Nc2ccccc2-c2ccccc2)nnc1-c1cc(-c2ccc(Cl)cc2)n[nH]1. The molecule has 0 unspecified atom stereocenters. The molecule has 174 valence electrons. The monoisotopic (exact) mass is 501 g/mol. The molecule has 4 N–H and O–H groups in total. The van der Waals surface area contributed by atoms with E-state index in [0.29, 0.717) is 21.7 Å². The van der Waals surface area contributed by atoms with E-state index in [1.165, 1.54) is 16.4 Å². The molecule has 0 aliphatic carbocycles. The molecule has 1 amide bonds. The Morgan fingerprint density at radius 1 is 0.971 bits per heavy atom. The number of rotatable bonds is 7. The molecule has 8 nitrogen and oxygen atoms in total. The fourth-order valence-corrected chi connectivity index (χ4v) is 4.32. The van der Waals surface area contributed by atoms with Gasteiger partial charge in [-0.25, -0.2) is 4.68 Å². The minimum absolute atomic E-state index is 0.122. The normalized spacial score (nSPS) is 10.9. The first kappa shape index (κ1) is 22.7. The summed E-state index contributed by atoms with van der Waals surface area (Å²) in [4.78, 5) is 12.7. The van der Waals surface area contributed by atoms with E-state index in [0.717, 1.165) is 28.1 Å². The van der Waals surface area contributed by atoms with Crippen molar-refractivity contribution in [1.29, 1.82) is 0 Å². The van der Waals surface area contributed by atoms with Crippen molar-refractivity contribution >= 4 is 35.0 Å². The highest BCUT2D eigenvalue weighted by molar-refractivity contribution is 7.99. The Bertz CT molecular complexity index is 1460. The molecule has 0 saturated heterocycles. The summed E-state index contributed by atoms with van der Waals surface area (Å²) in [5.41, 5.74) is 4.96. The van der Waals surface area contributed by atoms with Gasteiger partial charge in [0.25, 0.3) is 0 Å². The molecule has 0 bridgehead atoms. The Labute approximate surface area is 210 Å². The van der Waals surface area contributed by atoms with Gasteiger partial charge >= 0.3 is 0 Å². The highest BCUT2D eigenvalue weighted by Gasteiger charge is 2.17. The highest BCUT2D eigenvalue weighted by atomic mass is 35.5. The minimum Gasteiger partial charge on any atom is -0.335 e. The Balaban J connectivity index is 1.26. The zero-order valence-electron chi connectivity index (χ0n) is 18.4. The summed E-state index contributed by atoms with van der Waals surface area (Å²) in [5.74, 6) is 6.58. The Morgan fingerprint density at radius 2 is 1.71 bits per heavy atom. The molecule has 2 heterocycles. The number of nitrogens with two attached hydrogens (primary N) is 1. The van der Waals surface area contributed by atoms with Crippen LogP contribution in [0.4, 0.5) is 5.69 Å². The van der Waals surface area contributed by atoms with E-state index in [4.69, 9.17) is 17.4 Å². The van der Waals surface area contributed by atoms with E-state index < -0.39 is 0 Å². The van der Waals surface area contributed by atoms with Crippen molar-refractivity contribution in [2.75, 3.05) is 16.9 Å². The summed E-state index contributed by atoms with van der Waals surface area (Å²) in [5, 5.41) is 19.6. The predicted molar refractivity (Wildman–Crippen MR) is 139 cm³/mol. The molecule has 0 aliphatic heterocycles. The maximum absolute atomic E-state index is 12.7. The van der Waals surface area contributed by atoms with Crippen LogP contribution in [0.3, 0.4) is 0 Å². The van der Waals surface area contributed by atoms with Crippen LogP contribution in [0.15, 0.2) is 90.1 Å². The van der Waals surface area contributed by atoms with E-state index in [9.17, 15) is 4.79 Å². The first-order chi connectivity index (χ1) is 17.1. The predicted octanol–water partition coefficient (Wildman–Crippen LogP) is 5.10. The summed E-state index contributed by atoms with van der Waals surface area (Å²) in [6, 6.07) is 26.8. The molecule has 0 spiro atoms. The third-order valence-electron chi connectivity index (χ3n) is 5.24. The zero-order chi connectivity index (χ0) is 24.2. The van der Waals surface area contributed by atoms with E-state index in [1.54, 1.807) is 12.1 Å². The average molecular weight is 502 g/mol. The van der Waals surface area contributed by atoms with Crippen LogP contribution >= 0.6 is 23.4 Å². The number of halogens is 1. The standard InChI is InChI=1S/C25H20ClN7OS/c26-18-12-10-17(11-13-18)21-14-22(30-29-21)24-31-32-25(33(24)27)35-15-23(34)28-20-9-5-4-8-19(20)16-6-2-1-3-7-16/h1-14H,15,27H2,(H,28,34)(H,29,30). The Morgan fingerprint density at radius 3 is 2.51 bits per heavy atom. The van der Waals surface area contributed by atoms with Crippen LogP contribution in [0.2, 0.25) is 5.02 Å². The van der Waals surface area contributed by atoms with Crippen LogP contribution in [0.1, 0.15) is 0 Å². The maximum atomic E-state index is 12.7. The Hall–Kier alpha value is -4.08. The van der Waals surface area contributed by atoms with E-state index >= 15 is 0 Å². The van der Waals surface area contributed by atoms with Crippen molar-refractivity contribution < 1.29 is 4.79 Å². The van der Waals surface area contributed by atoms with E-state index in [1.807, 2.05) is 72.8 Å². The number of anilines is 1. The third-order valence-corrected chi connectivity index (χ3v) is 6.44. The molecule has 0 saturated carbocycles.